The lowest BCUT2D eigenvalue weighted by atomic mass is 10.1. The molecule has 0 bridgehead atoms. The molecule has 2 rings (SSSR count). The Balaban J connectivity index is 2.71. The van der Waals surface area contributed by atoms with Crippen LogP contribution in [0.25, 0.3) is 10.9 Å². The van der Waals surface area contributed by atoms with Gasteiger partial charge in [-0.25, -0.2) is 4.98 Å². The highest BCUT2D eigenvalue weighted by atomic mass is 35.5. The highest BCUT2D eigenvalue weighted by molar-refractivity contribution is 6.35. The van der Waals surface area contributed by atoms with Gasteiger partial charge in [-0.15, -0.1) is 0 Å². The van der Waals surface area contributed by atoms with E-state index in [-0.39, 0.29) is 0 Å². The molecule has 0 saturated heterocycles. The third-order valence-electron chi connectivity index (χ3n) is 2.39. The molecule has 3 nitrogen and oxygen atoms in total. The Morgan fingerprint density at radius 1 is 1.38 bits per heavy atom. The average Bonchev–Trinajstić information content (AvgIpc) is 2.20. The third kappa shape index (κ3) is 1.96. The van der Waals surface area contributed by atoms with Crippen LogP contribution in [0.5, 0.6) is 0 Å². The van der Waals surface area contributed by atoms with E-state index in [4.69, 9.17) is 22.1 Å². The molecule has 16 heavy (non-hydrogen) atoms. The molecule has 2 aromatic rings. The van der Waals surface area contributed by atoms with Gasteiger partial charge < -0.3 is 10.5 Å². The smallest absolute Gasteiger partial charge is 0.0913 e. The zero-order valence-electron chi connectivity index (χ0n) is 9.25. The van der Waals surface area contributed by atoms with E-state index in [2.05, 4.69) is 4.98 Å². The van der Waals surface area contributed by atoms with Crippen LogP contribution in [-0.4, -0.2) is 12.1 Å². The summed E-state index contributed by atoms with van der Waals surface area (Å²) in [4.78, 5) is 4.43. The number of pyridine rings is 1. The van der Waals surface area contributed by atoms with Crippen LogP contribution < -0.4 is 5.73 Å². The minimum atomic E-state index is 0.435. The van der Waals surface area contributed by atoms with Crippen molar-refractivity contribution in [3.63, 3.8) is 0 Å². The Morgan fingerprint density at radius 2 is 2.12 bits per heavy atom. The summed E-state index contributed by atoms with van der Waals surface area (Å²) in [6.45, 7) is 2.41. The lowest BCUT2D eigenvalue weighted by Gasteiger charge is -2.08. The molecule has 0 amide bonds. The predicted octanol–water partition coefficient (Wildman–Crippen LogP) is 2.93. The van der Waals surface area contributed by atoms with Crippen molar-refractivity contribution >= 4 is 28.2 Å². The maximum atomic E-state index is 6.15. The van der Waals surface area contributed by atoms with Crippen molar-refractivity contribution in [1.82, 2.24) is 4.98 Å². The minimum absolute atomic E-state index is 0.435. The van der Waals surface area contributed by atoms with E-state index in [1.165, 1.54) is 0 Å². The molecule has 0 radical (unpaired) electrons. The van der Waals surface area contributed by atoms with Gasteiger partial charge in [-0.3, -0.25) is 0 Å². The number of hydrogen-bond acceptors (Lipinski definition) is 3. The molecule has 0 spiro atoms. The number of benzene rings is 1. The van der Waals surface area contributed by atoms with Gasteiger partial charge in [-0.2, -0.15) is 0 Å². The van der Waals surface area contributed by atoms with Gasteiger partial charge >= 0.3 is 0 Å². The fraction of sp³-hybridized carbons (Fsp3) is 0.250. The first-order valence-corrected chi connectivity index (χ1v) is 5.34. The molecular formula is C12H13ClN2O. The Bertz CT molecular complexity index is 540. The largest absolute Gasteiger partial charge is 0.398 e. The van der Waals surface area contributed by atoms with Crippen LogP contribution in [0.4, 0.5) is 5.69 Å². The number of rotatable bonds is 2. The summed E-state index contributed by atoms with van der Waals surface area (Å²) in [5, 5.41) is 1.52. The number of hydrogen-bond donors (Lipinski definition) is 1. The molecule has 0 aliphatic rings. The molecule has 1 aromatic heterocycles. The van der Waals surface area contributed by atoms with Gasteiger partial charge in [-0.1, -0.05) is 11.6 Å². The average molecular weight is 237 g/mol. The van der Waals surface area contributed by atoms with Gasteiger partial charge in [0.1, 0.15) is 0 Å². The molecule has 0 aliphatic carbocycles. The van der Waals surface area contributed by atoms with Crippen LogP contribution in [0.2, 0.25) is 5.02 Å². The van der Waals surface area contributed by atoms with E-state index in [1.807, 2.05) is 25.1 Å². The first-order chi connectivity index (χ1) is 7.61. The van der Waals surface area contributed by atoms with Gasteiger partial charge in [0, 0.05) is 18.2 Å². The Kier molecular flexibility index (Phi) is 2.99. The van der Waals surface area contributed by atoms with Gasteiger partial charge in [0.2, 0.25) is 0 Å². The van der Waals surface area contributed by atoms with E-state index < -0.39 is 0 Å². The highest BCUT2D eigenvalue weighted by Gasteiger charge is 2.07. The molecule has 0 fully saturated rings. The van der Waals surface area contributed by atoms with E-state index in [9.17, 15) is 0 Å². The molecule has 1 heterocycles. The van der Waals surface area contributed by atoms with Crippen LogP contribution in [0.15, 0.2) is 18.2 Å². The van der Waals surface area contributed by atoms with E-state index in [1.54, 1.807) is 7.11 Å². The lowest BCUT2D eigenvalue weighted by Crippen LogP contribution is -1.98. The first kappa shape index (κ1) is 11.2. The number of nitrogens with zero attached hydrogens (tertiary/aromatic N) is 1. The molecule has 0 unspecified atom stereocenters. The second-order valence-electron chi connectivity index (χ2n) is 3.78. The fourth-order valence-corrected chi connectivity index (χ4v) is 2.04. The zero-order chi connectivity index (χ0) is 11.7. The number of nitrogens with two attached hydrogens (primary N) is 1. The fourth-order valence-electron chi connectivity index (χ4n) is 1.72. The van der Waals surface area contributed by atoms with E-state index >= 15 is 0 Å². The number of nitrogen functional groups attached to an aromatic ring is 1. The molecule has 1 aromatic carbocycles. The summed E-state index contributed by atoms with van der Waals surface area (Å²) in [5.74, 6) is 0. The molecule has 0 saturated carbocycles. The molecule has 4 heteroatoms. The van der Waals surface area contributed by atoms with Crippen molar-refractivity contribution in [3.05, 3.63) is 34.5 Å². The zero-order valence-corrected chi connectivity index (χ0v) is 10.0. The normalized spacial score (nSPS) is 10.9. The number of methoxy groups -OCH3 is 1. The number of fused-ring (bicyclic) bond motifs is 1. The SMILES string of the molecule is COCc1cc(N)c2cc(C)cc(Cl)c2n1. The van der Waals surface area contributed by atoms with Crippen molar-refractivity contribution in [1.29, 1.82) is 0 Å². The number of halogens is 1. The minimum Gasteiger partial charge on any atom is -0.398 e. The van der Waals surface area contributed by atoms with Crippen LogP contribution in [0, 0.1) is 6.92 Å². The maximum Gasteiger partial charge on any atom is 0.0913 e. The van der Waals surface area contributed by atoms with Gasteiger partial charge in [-0.05, 0) is 30.7 Å². The van der Waals surface area contributed by atoms with Gasteiger partial charge in [0.25, 0.3) is 0 Å². The standard InChI is InChI=1S/C12H13ClN2O/c1-7-3-9-11(14)5-8(6-16-2)15-12(9)10(13)4-7/h3-5H,6H2,1-2H3,(H2,14,15). The molecule has 0 atom stereocenters. The monoisotopic (exact) mass is 236 g/mol. The molecule has 84 valence electrons. The van der Waals surface area contributed by atoms with E-state index in [0.717, 1.165) is 22.2 Å². The predicted molar refractivity (Wildman–Crippen MR) is 66.6 cm³/mol. The quantitative estimate of drug-likeness (QED) is 0.872. The molecule has 2 N–H and O–H groups in total. The van der Waals surface area contributed by atoms with Crippen LogP contribution >= 0.6 is 11.6 Å². The van der Waals surface area contributed by atoms with Gasteiger partial charge in [0.05, 0.1) is 22.8 Å². The summed E-state index contributed by atoms with van der Waals surface area (Å²) in [7, 11) is 1.62. The third-order valence-corrected chi connectivity index (χ3v) is 2.68. The lowest BCUT2D eigenvalue weighted by molar-refractivity contribution is 0.182. The second-order valence-corrected chi connectivity index (χ2v) is 4.19. The molecule has 0 aliphatic heterocycles. The second kappa shape index (κ2) is 4.28. The van der Waals surface area contributed by atoms with Crippen molar-refractivity contribution in [2.75, 3.05) is 12.8 Å². The van der Waals surface area contributed by atoms with Crippen molar-refractivity contribution < 1.29 is 4.74 Å². The Morgan fingerprint density at radius 3 is 2.81 bits per heavy atom. The van der Waals surface area contributed by atoms with Crippen molar-refractivity contribution in [3.8, 4) is 0 Å². The summed E-state index contributed by atoms with van der Waals surface area (Å²) in [6, 6.07) is 5.69. The summed E-state index contributed by atoms with van der Waals surface area (Å²) in [5.41, 5.74) is 9.25. The van der Waals surface area contributed by atoms with Gasteiger partial charge in [0.15, 0.2) is 0 Å². The first-order valence-electron chi connectivity index (χ1n) is 4.96. The Hall–Kier alpha value is -1.32. The number of aryl methyl sites for hydroxylation is 1. The van der Waals surface area contributed by atoms with Crippen molar-refractivity contribution in [2.24, 2.45) is 0 Å². The number of ether oxygens (including phenoxy) is 1. The molecular weight excluding hydrogens is 224 g/mol. The maximum absolute atomic E-state index is 6.15. The Labute approximate surface area is 99.2 Å². The van der Waals surface area contributed by atoms with Crippen molar-refractivity contribution in [2.45, 2.75) is 13.5 Å². The van der Waals surface area contributed by atoms with Crippen LogP contribution in [0.3, 0.4) is 0 Å². The summed E-state index contributed by atoms with van der Waals surface area (Å²) < 4.78 is 5.03. The summed E-state index contributed by atoms with van der Waals surface area (Å²) in [6.07, 6.45) is 0. The summed E-state index contributed by atoms with van der Waals surface area (Å²) >= 11 is 6.15. The van der Waals surface area contributed by atoms with E-state index in [0.29, 0.717) is 17.3 Å². The van der Waals surface area contributed by atoms with Crippen LogP contribution in [-0.2, 0) is 11.3 Å². The number of aromatic nitrogens is 1. The van der Waals surface area contributed by atoms with Crippen LogP contribution in [0.1, 0.15) is 11.3 Å². The highest BCUT2D eigenvalue weighted by Crippen LogP contribution is 2.28. The number of anilines is 1. The topological polar surface area (TPSA) is 48.1 Å².